The molecule has 0 saturated heterocycles. The third kappa shape index (κ3) is 3.41. The average Bonchev–Trinajstić information content (AvgIpc) is 2.35. The van der Waals surface area contributed by atoms with Gasteiger partial charge in [-0.3, -0.25) is 4.79 Å². The van der Waals surface area contributed by atoms with E-state index in [2.05, 4.69) is 27.7 Å². The third-order valence-corrected chi connectivity index (χ3v) is 6.41. The zero-order chi connectivity index (χ0) is 16.5. The zero-order valence-corrected chi connectivity index (χ0v) is 15.4. The lowest BCUT2D eigenvalue weighted by Gasteiger charge is -2.55. The minimum Gasteiger partial charge on any atom is -0.463 e. The summed E-state index contributed by atoms with van der Waals surface area (Å²) >= 11 is 0. The van der Waals surface area contributed by atoms with Gasteiger partial charge in [0.1, 0.15) is 0 Å². The summed E-state index contributed by atoms with van der Waals surface area (Å²) in [5.74, 6) is 0.640. The molecule has 0 N–H and O–H groups in total. The van der Waals surface area contributed by atoms with Crippen molar-refractivity contribution in [1.82, 2.24) is 0 Å². The van der Waals surface area contributed by atoms with Crippen molar-refractivity contribution in [3.05, 3.63) is 11.1 Å². The van der Waals surface area contributed by atoms with Crippen LogP contribution in [0.1, 0.15) is 86.5 Å². The van der Waals surface area contributed by atoms with Crippen LogP contribution in [0.5, 0.6) is 0 Å². The normalized spacial score (nSPS) is 32.4. The van der Waals surface area contributed by atoms with Gasteiger partial charge in [0.15, 0.2) is 0 Å². The molecule has 126 valence electrons. The predicted octanol–water partition coefficient (Wildman–Crippen LogP) is 5.66. The second-order valence-corrected chi connectivity index (χ2v) is 8.57. The lowest BCUT2D eigenvalue weighted by Crippen LogP contribution is -2.45. The van der Waals surface area contributed by atoms with Crippen molar-refractivity contribution in [2.24, 2.45) is 16.7 Å². The summed E-state index contributed by atoms with van der Waals surface area (Å²) in [5, 5.41) is 0. The topological polar surface area (TPSA) is 26.3 Å². The third-order valence-electron chi connectivity index (χ3n) is 6.41. The molecule has 2 aliphatic carbocycles. The number of fused-ring (bicyclic) bond motifs is 1. The fourth-order valence-electron chi connectivity index (χ4n) is 5.38. The number of rotatable bonds is 4. The van der Waals surface area contributed by atoms with E-state index in [-0.39, 0.29) is 12.1 Å². The summed E-state index contributed by atoms with van der Waals surface area (Å²) in [6.07, 6.45) is 8.70. The molecule has 1 unspecified atom stereocenters. The van der Waals surface area contributed by atoms with Gasteiger partial charge in [0.2, 0.25) is 0 Å². The van der Waals surface area contributed by atoms with Gasteiger partial charge < -0.3 is 4.74 Å². The van der Waals surface area contributed by atoms with E-state index in [1.807, 2.05) is 6.92 Å². The quantitative estimate of drug-likeness (QED) is 0.495. The summed E-state index contributed by atoms with van der Waals surface area (Å²) in [4.78, 5) is 11.1. The first kappa shape index (κ1) is 17.6. The van der Waals surface area contributed by atoms with Crippen LogP contribution in [0.15, 0.2) is 11.1 Å². The van der Waals surface area contributed by atoms with E-state index in [0.29, 0.717) is 10.8 Å². The van der Waals surface area contributed by atoms with Gasteiger partial charge in [-0.05, 0) is 69.1 Å². The van der Waals surface area contributed by atoms with Crippen LogP contribution in [-0.4, -0.2) is 12.1 Å². The molecule has 3 atom stereocenters. The van der Waals surface area contributed by atoms with Gasteiger partial charge >= 0.3 is 5.97 Å². The highest BCUT2D eigenvalue weighted by Gasteiger charge is 2.49. The molecule has 0 aromatic rings. The number of hydrogen-bond acceptors (Lipinski definition) is 2. The maximum Gasteiger partial charge on any atom is 0.302 e. The molecule has 2 aliphatic rings. The number of carbonyl (C=O) groups is 1. The smallest absolute Gasteiger partial charge is 0.302 e. The highest BCUT2D eigenvalue weighted by molar-refractivity contribution is 5.66. The number of carbonyl (C=O) groups excluding carboxylic acids is 1. The molecule has 2 heteroatoms. The SMILES string of the molecule is CC(=O)OC(C)CCC1=C(C)CC[C@H]2C(C)(C)CCC[C@]12C. The Hall–Kier alpha value is -0.790. The van der Waals surface area contributed by atoms with Crippen molar-refractivity contribution in [2.45, 2.75) is 92.6 Å². The van der Waals surface area contributed by atoms with Crippen molar-refractivity contribution in [1.29, 1.82) is 0 Å². The Bertz CT molecular complexity index is 460. The molecule has 2 rings (SSSR count). The molecule has 1 fully saturated rings. The lowest BCUT2D eigenvalue weighted by molar-refractivity contribution is -0.145. The molecule has 0 heterocycles. The van der Waals surface area contributed by atoms with E-state index >= 15 is 0 Å². The molecule has 0 spiro atoms. The first-order valence-electron chi connectivity index (χ1n) is 9.03. The summed E-state index contributed by atoms with van der Waals surface area (Å²) in [6.45, 7) is 13.3. The van der Waals surface area contributed by atoms with Crippen molar-refractivity contribution >= 4 is 5.97 Å². The van der Waals surface area contributed by atoms with E-state index in [1.165, 1.54) is 39.0 Å². The summed E-state index contributed by atoms with van der Waals surface area (Å²) in [6, 6.07) is 0. The van der Waals surface area contributed by atoms with E-state index < -0.39 is 0 Å². The molecule has 0 bridgehead atoms. The molecular weight excluding hydrogens is 272 g/mol. The Morgan fingerprint density at radius 2 is 2.00 bits per heavy atom. The van der Waals surface area contributed by atoms with Crippen LogP contribution < -0.4 is 0 Å². The fourth-order valence-corrected chi connectivity index (χ4v) is 5.38. The predicted molar refractivity (Wildman–Crippen MR) is 91.6 cm³/mol. The standard InChI is InChI=1S/C20H34O2/c1-14-8-11-18-19(4,5)12-7-13-20(18,6)17(14)10-9-15(2)22-16(3)21/h15,18H,7-13H2,1-6H3/t15?,18-,20+/m0/s1. The van der Waals surface area contributed by atoms with Crippen molar-refractivity contribution < 1.29 is 9.53 Å². The summed E-state index contributed by atoms with van der Waals surface area (Å²) in [7, 11) is 0. The molecule has 1 saturated carbocycles. The molecular formula is C20H34O2. The molecule has 0 amide bonds. The molecule has 0 radical (unpaired) electrons. The van der Waals surface area contributed by atoms with E-state index in [0.717, 1.165) is 18.8 Å². The molecule has 0 aromatic carbocycles. The Morgan fingerprint density at radius 3 is 2.64 bits per heavy atom. The molecule has 0 aromatic heterocycles. The molecule has 0 aliphatic heterocycles. The van der Waals surface area contributed by atoms with E-state index in [9.17, 15) is 4.79 Å². The number of esters is 1. The van der Waals surface area contributed by atoms with Crippen LogP contribution in [0, 0.1) is 16.7 Å². The Labute approximate surface area is 136 Å². The van der Waals surface area contributed by atoms with Gasteiger partial charge in [-0.2, -0.15) is 0 Å². The monoisotopic (exact) mass is 306 g/mol. The van der Waals surface area contributed by atoms with Gasteiger partial charge in [0.05, 0.1) is 6.10 Å². The highest BCUT2D eigenvalue weighted by atomic mass is 16.5. The van der Waals surface area contributed by atoms with Gasteiger partial charge in [0, 0.05) is 6.92 Å². The van der Waals surface area contributed by atoms with Crippen LogP contribution in [-0.2, 0) is 9.53 Å². The van der Waals surface area contributed by atoms with Crippen LogP contribution in [0.25, 0.3) is 0 Å². The van der Waals surface area contributed by atoms with Gasteiger partial charge in [0.25, 0.3) is 0 Å². The Kier molecular flexibility index (Phi) is 5.09. The fraction of sp³-hybridized carbons (Fsp3) is 0.850. The van der Waals surface area contributed by atoms with Crippen LogP contribution in [0.3, 0.4) is 0 Å². The average molecular weight is 306 g/mol. The Balaban J connectivity index is 2.16. The van der Waals surface area contributed by atoms with Crippen LogP contribution in [0.2, 0.25) is 0 Å². The Morgan fingerprint density at radius 1 is 1.32 bits per heavy atom. The maximum atomic E-state index is 11.1. The van der Waals surface area contributed by atoms with Crippen LogP contribution in [0.4, 0.5) is 0 Å². The minimum atomic E-state index is -0.162. The first-order chi connectivity index (χ1) is 10.2. The van der Waals surface area contributed by atoms with Crippen molar-refractivity contribution in [3.63, 3.8) is 0 Å². The maximum absolute atomic E-state index is 11.1. The first-order valence-corrected chi connectivity index (χ1v) is 9.03. The summed E-state index contributed by atoms with van der Waals surface area (Å²) < 4.78 is 5.32. The number of allylic oxidation sites excluding steroid dienone is 2. The highest BCUT2D eigenvalue weighted by Crippen LogP contribution is 2.60. The van der Waals surface area contributed by atoms with E-state index in [4.69, 9.17) is 4.74 Å². The van der Waals surface area contributed by atoms with Crippen molar-refractivity contribution in [2.75, 3.05) is 0 Å². The van der Waals surface area contributed by atoms with Crippen molar-refractivity contribution in [3.8, 4) is 0 Å². The second-order valence-electron chi connectivity index (χ2n) is 8.57. The molecule has 22 heavy (non-hydrogen) atoms. The lowest BCUT2D eigenvalue weighted by atomic mass is 9.50. The van der Waals surface area contributed by atoms with Crippen LogP contribution >= 0.6 is 0 Å². The number of hydrogen-bond donors (Lipinski definition) is 0. The number of ether oxygens (including phenoxy) is 1. The molecule has 2 nitrogen and oxygen atoms in total. The van der Waals surface area contributed by atoms with Gasteiger partial charge in [-0.1, -0.05) is 38.3 Å². The minimum absolute atomic E-state index is 0.0263. The zero-order valence-electron chi connectivity index (χ0n) is 15.4. The van der Waals surface area contributed by atoms with E-state index in [1.54, 1.807) is 11.1 Å². The van der Waals surface area contributed by atoms with Gasteiger partial charge in [-0.25, -0.2) is 0 Å². The second kappa shape index (κ2) is 6.37. The van der Waals surface area contributed by atoms with Gasteiger partial charge in [-0.15, -0.1) is 0 Å². The summed E-state index contributed by atoms with van der Waals surface area (Å²) in [5.41, 5.74) is 4.10. The largest absolute Gasteiger partial charge is 0.463 e.